The molecule has 1 unspecified atom stereocenters. The Morgan fingerprint density at radius 1 is 1.33 bits per heavy atom. The fourth-order valence-electron chi connectivity index (χ4n) is 0.925. The van der Waals surface area contributed by atoms with Crippen molar-refractivity contribution in [1.29, 1.82) is 0 Å². The van der Waals surface area contributed by atoms with Gasteiger partial charge >= 0.3 is 7.60 Å². The first-order chi connectivity index (χ1) is 7.02. The van der Waals surface area contributed by atoms with E-state index < -0.39 is 7.60 Å². The highest BCUT2D eigenvalue weighted by Crippen LogP contribution is 2.42. The van der Waals surface area contributed by atoms with Crippen molar-refractivity contribution in [2.24, 2.45) is 0 Å². The van der Waals surface area contributed by atoms with Gasteiger partial charge in [0.15, 0.2) is 5.78 Å². The summed E-state index contributed by atoms with van der Waals surface area (Å²) >= 11 is 0. The number of aliphatic hydroxyl groups is 1. The highest BCUT2D eigenvalue weighted by molar-refractivity contribution is 7.52. The van der Waals surface area contributed by atoms with Crippen LogP contribution >= 0.6 is 7.60 Å². The summed E-state index contributed by atoms with van der Waals surface area (Å²) in [5.74, 6) is -0.0907. The van der Waals surface area contributed by atoms with Crippen LogP contribution in [0.25, 0.3) is 0 Å². The number of rotatable bonds is 9. The first-order valence-corrected chi connectivity index (χ1v) is 6.91. The zero-order chi connectivity index (χ0) is 11.7. The molecule has 0 aromatic carbocycles. The van der Waals surface area contributed by atoms with Crippen molar-refractivity contribution >= 4 is 13.4 Å². The van der Waals surface area contributed by atoms with Crippen LogP contribution in [0.1, 0.15) is 25.7 Å². The maximum Gasteiger partial charge on any atom is 0.327 e. The van der Waals surface area contributed by atoms with Crippen LogP contribution in [0.4, 0.5) is 0 Å². The summed E-state index contributed by atoms with van der Waals surface area (Å²) in [4.78, 5) is 11.2. The van der Waals surface area contributed by atoms with Crippen molar-refractivity contribution in [2.75, 3.05) is 27.0 Å². The Labute approximate surface area is 90.3 Å². The molecule has 5 nitrogen and oxygen atoms in total. The summed E-state index contributed by atoms with van der Waals surface area (Å²) in [7, 11) is -1.75. The van der Waals surface area contributed by atoms with Gasteiger partial charge in [0.05, 0.1) is 0 Å². The highest BCUT2D eigenvalue weighted by Gasteiger charge is 2.16. The van der Waals surface area contributed by atoms with E-state index in [1.807, 2.05) is 0 Å². The molecule has 6 heteroatoms. The van der Waals surface area contributed by atoms with Crippen molar-refractivity contribution < 1.29 is 23.5 Å². The van der Waals surface area contributed by atoms with Crippen LogP contribution in [-0.4, -0.2) is 37.9 Å². The second-order valence-corrected chi connectivity index (χ2v) is 5.47. The summed E-state index contributed by atoms with van der Waals surface area (Å²) in [5, 5.41) is 8.51. The lowest BCUT2D eigenvalue weighted by Gasteiger charge is -2.10. The second-order valence-electron chi connectivity index (χ2n) is 3.30. The predicted octanol–water partition coefficient (Wildman–Crippen LogP) is 1.59. The van der Waals surface area contributed by atoms with Crippen LogP contribution in [0.2, 0.25) is 0 Å². The number of carbonyl (C=O) groups excluding carboxylic acids is 1. The Hall–Kier alpha value is -0.220. The lowest BCUT2D eigenvalue weighted by atomic mass is 10.1. The van der Waals surface area contributed by atoms with E-state index in [4.69, 9.17) is 9.63 Å². The predicted molar refractivity (Wildman–Crippen MR) is 57.1 cm³/mol. The Kier molecular flexibility index (Phi) is 7.88. The van der Waals surface area contributed by atoms with Gasteiger partial charge in [-0.05, 0) is 12.8 Å². The Balaban J connectivity index is 3.54. The van der Waals surface area contributed by atoms with Crippen LogP contribution in [0, 0.1) is 0 Å². The fraction of sp³-hybridized carbons (Fsp3) is 0.889. The van der Waals surface area contributed by atoms with Crippen LogP contribution in [0.5, 0.6) is 0 Å². The van der Waals surface area contributed by atoms with E-state index in [1.54, 1.807) is 0 Å². The number of unbranched alkanes of at least 4 members (excludes halogenated alkanes) is 2. The monoisotopic (exact) mass is 238 g/mol. The molecule has 0 aliphatic carbocycles. The van der Waals surface area contributed by atoms with Crippen molar-refractivity contribution in [3.05, 3.63) is 0 Å². The second kappa shape index (κ2) is 7.99. The molecule has 0 aromatic rings. The topological polar surface area (TPSA) is 72.8 Å². The van der Waals surface area contributed by atoms with E-state index in [2.05, 4.69) is 4.52 Å². The number of hydrogen-bond acceptors (Lipinski definition) is 5. The number of aliphatic hydroxyl groups excluding tert-OH is 1. The number of ketones is 1. The maximum absolute atomic E-state index is 11.2. The molecule has 0 spiro atoms. The fourth-order valence-corrected chi connectivity index (χ4v) is 1.41. The van der Waals surface area contributed by atoms with Gasteiger partial charge in [-0.25, -0.2) is 0 Å². The standard InChI is InChI=1S/C9H19O5P/c1-13-15(2,12)14-8-9(11)6-4-3-5-7-10/h10H,3-8H2,1-2H3. The van der Waals surface area contributed by atoms with E-state index in [1.165, 1.54) is 13.8 Å². The van der Waals surface area contributed by atoms with E-state index in [9.17, 15) is 9.36 Å². The molecule has 0 bridgehead atoms. The molecule has 0 rings (SSSR count). The first-order valence-electron chi connectivity index (χ1n) is 4.92. The molecule has 0 aliphatic heterocycles. The average Bonchev–Trinajstić information content (AvgIpc) is 2.22. The lowest BCUT2D eigenvalue weighted by molar-refractivity contribution is -0.121. The Bertz CT molecular complexity index is 229. The van der Waals surface area contributed by atoms with Crippen molar-refractivity contribution in [3.8, 4) is 0 Å². The molecule has 1 atom stereocenters. The molecule has 1 N–H and O–H groups in total. The summed E-state index contributed by atoms with van der Waals surface area (Å²) in [5.41, 5.74) is 0. The third-order valence-electron chi connectivity index (χ3n) is 1.91. The van der Waals surface area contributed by atoms with Crippen LogP contribution < -0.4 is 0 Å². The molecule has 0 aromatic heterocycles. The summed E-state index contributed by atoms with van der Waals surface area (Å²) in [6.07, 6.45) is 2.64. The molecule has 0 amide bonds. The maximum atomic E-state index is 11.2. The molecule has 15 heavy (non-hydrogen) atoms. The van der Waals surface area contributed by atoms with Crippen LogP contribution in [0.15, 0.2) is 0 Å². The van der Waals surface area contributed by atoms with Gasteiger partial charge in [-0.2, -0.15) is 0 Å². The molecule has 0 heterocycles. The van der Waals surface area contributed by atoms with Gasteiger partial charge in [0.2, 0.25) is 0 Å². The van der Waals surface area contributed by atoms with Gasteiger partial charge in [0.1, 0.15) is 6.61 Å². The number of hydrogen-bond donors (Lipinski definition) is 1. The highest BCUT2D eigenvalue weighted by atomic mass is 31.2. The lowest BCUT2D eigenvalue weighted by Crippen LogP contribution is -2.07. The molecule has 90 valence electrons. The van der Waals surface area contributed by atoms with E-state index >= 15 is 0 Å². The molecule has 0 saturated carbocycles. The van der Waals surface area contributed by atoms with Gasteiger partial charge < -0.3 is 14.2 Å². The minimum Gasteiger partial charge on any atom is -0.396 e. The van der Waals surface area contributed by atoms with E-state index in [0.717, 1.165) is 12.8 Å². The van der Waals surface area contributed by atoms with E-state index in [0.29, 0.717) is 12.8 Å². The van der Waals surface area contributed by atoms with Crippen LogP contribution in [0.3, 0.4) is 0 Å². The Morgan fingerprint density at radius 2 is 2.00 bits per heavy atom. The van der Waals surface area contributed by atoms with Gasteiger partial charge in [-0.1, -0.05) is 6.42 Å². The largest absolute Gasteiger partial charge is 0.396 e. The summed E-state index contributed by atoms with van der Waals surface area (Å²) in [6.45, 7) is 1.31. The van der Waals surface area contributed by atoms with Crippen LogP contribution in [-0.2, 0) is 18.4 Å². The molecule has 0 aliphatic rings. The third-order valence-corrected chi connectivity index (χ3v) is 3.17. The van der Waals surface area contributed by atoms with Crippen molar-refractivity contribution in [2.45, 2.75) is 25.7 Å². The zero-order valence-electron chi connectivity index (χ0n) is 9.27. The average molecular weight is 238 g/mol. The van der Waals surface area contributed by atoms with Gasteiger partial charge in [0.25, 0.3) is 0 Å². The minimum atomic E-state index is -3.03. The molecule has 0 fully saturated rings. The summed E-state index contributed by atoms with van der Waals surface area (Å²) < 4.78 is 20.6. The molecular weight excluding hydrogens is 219 g/mol. The first kappa shape index (κ1) is 14.8. The minimum absolute atomic E-state index is 0.0907. The van der Waals surface area contributed by atoms with E-state index in [-0.39, 0.29) is 19.0 Å². The SMILES string of the molecule is COP(C)(=O)OCC(=O)CCCCCO. The smallest absolute Gasteiger partial charge is 0.327 e. The molecule has 0 saturated heterocycles. The molecule has 0 radical (unpaired) electrons. The summed E-state index contributed by atoms with van der Waals surface area (Å²) in [6, 6.07) is 0. The van der Waals surface area contributed by atoms with Gasteiger partial charge in [-0.3, -0.25) is 9.36 Å². The Morgan fingerprint density at radius 3 is 2.53 bits per heavy atom. The normalized spacial score (nSPS) is 14.9. The van der Waals surface area contributed by atoms with Gasteiger partial charge in [0, 0.05) is 26.8 Å². The van der Waals surface area contributed by atoms with Crippen molar-refractivity contribution in [3.63, 3.8) is 0 Å². The van der Waals surface area contributed by atoms with Crippen molar-refractivity contribution in [1.82, 2.24) is 0 Å². The molecular formula is C9H19O5P. The zero-order valence-corrected chi connectivity index (χ0v) is 10.2. The quantitative estimate of drug-likeness (QED) is 0.488. The number of Topliss-reactive ketones (excluding diaryl/α,β-unsaturated/α-hetero) is 1. The third kappa shape index (κ3) is 8.75. The number of carbonyl (C=O) groups is 1. The van der Waals surface area contributed by atoms with Gasteiger partial charge in [-0.15, -0.1) is 0 Å².